The number of urea groups is 1. The topological polar surface area (TPSA) is 69.6 Å². The van der Waals surface area contributed by atoms with Crippen LogP contribution in [0.5, 0.6) is 0 Å². The predicted molar refractivity (Wildman–Crippen MR) is 76.6 cm³/mol. The Morgan fingerprint density at radius 3 is 2.65 bits per heavy atom. The summed E-state index contributed by atoms with van der Waals surface area (Å²) in [6.45, 7) is 2.83. The molecule has 0 spiro atoms. The van der Waals surface area contributed by atoms with E-state index in [1.54, 1.807) is 6.92 Å². The molecule has 5 heteroatoms. The summed E-state index contributed by atoms with van der Waals surface area (Å²) in [5.41, 5.74) is -1.03. The van der Waals surface area contributed by atoms with Gasteiger partial charge in [0.15, 0.2) is 0 Å². The standard InChI is InChI=1S/C15H26N2O3/c1-15(13(18)19)9-5-11-17(15)14(20)16-10-4-8-12-6-2-3-7-12/h12H,2-11H2,1H3,(H,16,20)(H,18,19). The molecule has 1 atom stereocenters. The summed E-state index contributed by atoms with van der Waals surface area (Å²) in [7, 11) is 0. The number of carboxylic acids is 1. The number of hydrogen-bond acceptors (Lipinski definition) is 2. The first-order valence-corrected chi connectivity index (χ1v) is 7.83. The minimum absolute atomic E-state index is 0.223. The fraction of sp³-hybridized carbons (Fsp3) is 0.867. The third-order valence-electron chi connectivity index (χ3n) is 4.89. The van der Waals surface area contributed by atoms with Crippen LogP contribution >= 0.6 is 0 Å². The largest absolute Gasteiger partial charge is 0.480 e. The van der Waals surface area contributed by atoms with Crippen LogP contribution in [0.25, 0.3) is 0 Å². The molecule has 5 nitrogen and oxygen atoms in total. The highest BCUT2D eigenvalue weighted by molar-refractivity contribution is 5.86. The van der Waals surface area contributed by atoms with Gasteiger partial charge in [-0.1, -0.05) is 25.7 Å². The lowest BCUT2D eigenvalue weighted by Gasteiger charge is -2.31. The Kier molecular flexibility index (Phi) is 4.89. The van der Waals surface area contributed by atoms with Gasteiger partial charge in [0, 0.05) is 13.1 Å². The average Bonchev–Trinajstić information content (AvgIpc) is 3.04. The molecule has 2 fully saturated rings. The number of carboxylic acid groups (broad SMARTS) is 1. The Morgan fingerprint density at radius 1 is 1.30 bits per heavy atom. The van der Waals surface area contributed by atoms with Gasteiger partial charge in [-0.05, 0) is 38.5 Å². The predicted octanol–water partition coefficient (Wildman–Crippen LogP) is 2.61. The maximum Gasteiger partial charge on any atom is 0.329 e. The first kappa shape index (κ1) is 15.1. The van der Waals surface area contributed by atoms with Crippen molar-refractivity contribution in [2.45, 2.75) is 63.8 Å². The van der Waals surface area contributed by atoms with Gasteiger partial charge in [0.1, 0.15) is 5.54 Å². The molecule has 1 unspecified atom stereocenters. The van der Waals surface area contributed by atoms with Crippen LogP contribution in [-0.2, 0) is 4.79 Å². The third-order valence-corrected chi connectivity index (χ3v) is 4.89. The van der Waals surface area contributed by atoms with Crippen molar-refractivity contribution >= 4 is 12.0 Å². The van der Waals surface area contributed by atoms with Crippen molar-refractivity contribution < 1.29 is 14.7 Å². The molecule has 1 saturated heterocycles. The van der Waals surface area contributed by atoms with E-state index in [1.165, 1.54) is 37.0 Å². The van der Waals surface area contributed by atoms with Crippen LogP contribution in [-0.4, -0.2) is 40.6 Å². The number of aliphatic carboxylic acids is 1. The van der Waals surface area contributed by atoms with Gasteiger partial charge in [0.05, 0.1) is 0 Å². The van der Waals surface area contributed by atoms with Gasteiger partial charge in [0.25, 0.3) is 0 Å². The molecule has 0 aromatic heterocycles. The van der Waals surface area contributed by atoms with Crippen molar-refractivity contribution in [2.75, 3.05) is 13.1 Å². The summed E-state index contributed by atoms with van der Waals surface area (Å²) >= 11 is 0. The van der Waals surface area contributed by atoms with Crippen LogP contribution in [0, 0.1) is 5.92 Å². The van der Waals surface area contributed by atoms with Crippen LogP contribution < -0.4 is 5.32 Å². The molecular weight excluding hydrogens is 256 g/mol. The quantitative estimate of drug-likeness (QED) is 0.761. The number of carbonyl (C=O) groups is 2. The van der Waals surface area contributed by atoms with Crippen molar-refractivity contribution in [1.29, 1.82) is 0 Å². The molecule has 1 heterocycles. The summed E-state index contributed by atoms with van der Waals surface area (Å²) in [4.78, 5) is 24.9. The molecule has 20 heavy (non-hydrogen) atoms. The average molecular weight is 282 g/mol. The molecule has 0 bridgehead atoms. The lowest BCUT2D eigenvalue weighted by molar-refractivity contribution is -0.147. The first-order chi connectivity index (χ1) is 9.54. The number of nitrogens with one attached hydrogen (secondary N) is 1. The Bertz CT molecular complexity index is 366. The molecule has 2 rings (SSSR count). The molecule has 114 valence electrons. The zero-order chi connectivity index (χ0) is 14.6. The Labute approximate surface area is 120 Å². The Hall–Kier alpha value is -1.26. The second-order valence-corrected chi connectivity index (χ2v) is 6.36. The number of likely N-dealkylation sites (tertiary alicyclic amines) is 1. The van der Waals surface area contributed by atoms with Gasteiger partial charge in [-0.2, -0.15) is 0 Å². The molecule has 1 aliphatic carbocycles. The van der Waals surface area contributed by atoms with Gasteiger partial charge in [-0.15, -0.1) is 0 Å². The molecular formula is C15H26N2O3. The fourth-order valence-corrected chi connectivity index (χ4v) is 3.49. The van der Waals surface area contributed by atoms with E-state index in [-0.39, 0.29) is 6.03 Å². The smallest absolute Gasteiger partial charge is 0.329 e. The Morgan fingerprint density at radius 2 is 2.00 bits per heavy atom. The minimum atomic E-state index is -1.03. The zero-order valence-electron chi connectivity index (χ0n) is 12.4. The lowest BCUT2D eigenvalue weighted by Crippen LogP contribution is -2.54. The van der Waals surface area contributed by atoms with Crippen molar-refractivity contribution in [3.8, 4) is 0 Å². The third kappa shape index (κ3) is 3.25. The second-order valence-electron chi connectivity index (χ2n) is 6.36. The molecule has 1 aliphatic heterocycles. The van der Waals surface area contributed by atoms with Crippen molar-refractivity contribution in [2.24, 2.45) is 5.92 Å². The van der Waals surface area contributed by atoms with E-state index in [2.05, 4.69) is 5.32 Å². The number of hydrogen-bond donors (Lipinski definition) is 2. The normalized spacial score (nSPS) is 26.9. The number of carbonyl (C=O) groups excluding carboxylic acids is 1. The van der Waals surface area contributed by atoms with Crippen molar-refractivity contribution in [1.82, 2.24) is 10.2 Å². The minimum Gasteiger partial charge on any atom is -0.480 e. The number of nitrogens with zero attached hydrogens (tertiary/aromatic N) is 1. The van der Waals surface area contributed by atoms with Crippen molar-refractivity contribution in [3.63, 3.8) is 0 Å². The van der Waals surface area contributed by atoms with Crippen LogP contribution in [0.1, 0.15) is 58.3 Å². The van der Waals surface area contributed by atoms with Crippen LogP contribution in [0.3, 0.4) is 0 Å². The molecule has 1 saturated carbocycles. The summed E-state index contributed by atoms with van der Waals surface area (Å²) in [5.74, 6) is -0.0703. The van der Waals surface area contributed by atoms with Crippen LogP contribution in [0.4, 0.5) is 4.79 Å². The van der Waals surface area contributed by atoms with Gasteiger partial charge in [-0.25, -0.2) is 9.59 Å². The maximum atomic E-state index is 12.1. The SMILES string of the molecule is CC1(C(=O)O)CCCN1C(=O)NCCCC1CCCC1. The molecule has 0 radical (unpaired) electrons. The van der Waals surface area contributed by atoms with E-state index >= 15 is 0 Å². The molecule has 0 aromatic rings. The van der Waals surface area contributed by atoms with Gasteiger partial charge < -0.3 is 15.3 Å². The maximum absolute atomic E-state index is 12.1. The monoisotopic (exact) mass is 282 g/mol. The van der Waals surface area contributed by atoms with Crippen LogP contribution in [0.15, 0.2) is 0 Å². The first-order valence-electron chi connectivity index (χ1n) is 7.83. The van der Waals surface area contributed by atoms with E-state index in [0.717, 1.165) is 18.8 Å². The lowest BCUT2D eigenvalue weighted by atomic mass is 10.00. The highest BCUT2D eigenvalue weighted by Crippen LogP contribution is 2.30. The van der Waals surface area contributed by atoms with Gasteiger partial charge >= 0.3 is 12.0 Å². The highest BCUT2D eigenvalue weighted by atomic mass is 16.4. The molecule has 2 amide bonds. The van der Waals surface area contributed by atoms with E-state index in [0.29, 0.717) is 19.5 Å². The van der Waals surface area contributed by atoms with Crippen LogP contribution in [0.2, 0.25) is 0 Å². The summed E-state index contributed by atoms with van der Waals surface area (Å²) in [5, 5.41) is 12.2. The van der Waals surface area contributed by atoms with E-state index in [9.17, 15) is 14.7 Å². The highest BCUT2D eigenvalue weighted by Gasteiger charge is 2.45. The molecule has 0 aromatic carbocycles. The van der Waals surface area contributed by atoms with E-state index in [4.69, 9.17) is 0 Å². The number of amides is 2. The second kappa shape index (κ2) is 6.46. The summed E-state index contributed by atoms with van der Waals surface area (Å²) < 4.78 is 0. The van der Waals surface area contributed by atoms with Gasteiger partial charge in [-0.3, -0.25) is 0 Å². The molecule has 2 N–H and O–H groups in total. The zero-order valence-corrected chi connectivity index (χ0v) is 12.4. The van der Waals surface area contributed by atoms with Crippen molar-refractivity contribution in [3.05, 3.63) is 0 Å². The molecule has 2 aliphatic rings. The summed E-state index contributed by atoms with van der Waals surface area (Å²) in [6.07, 6.45) is 8.83. The van der Waals surface area contributed by atoms with Gasteiger partial charge in [0.2, 0.25) is 0 Å². The summed E-state index contributed by atoms with van der Waals surface area (Å²) in [6, 6.07) is -0.223. The van der Waals surface area contributed by atoms with E-state index in [1.807, 2.05) is 0 Å². The van der Waals surface area contributed by atoms with E-state index < -0.39 is 11.5 Å². The Balaban J connectivity index is 1.72. The number of rotatable bonds is 5. The fourth-order valence-electron chi connectivity index (χ4n) is 3.49.